The fraction of sp³-hybridized carbons (Fsp3) is 0.579. The second kappa shape index (κ2) is 6.20. The molecule has 0 spiro atoms. The van der Waals surface area contributed by atoms with E-state index in [1.54, 1.807) is 12.1 Å². The number of nitrogens with one attached hydrogen (secondary N) is 1. The third kappa shape index (κ3) is 2.81. The average molecular weight is 328 g/mol. The highest BCUT2D eigenvalue weighted by atomic mass is 16.6. The first-order valence-electron chi connectivity index (χ1n) is 9.12. The molecular weight excluding hydrogens is 304 g/mol. The Balaban J connectivity index is 1.66. The van der Waals surface area contributed by atoms with Crippen molar-refractivity contribution in [2.45, 2.75) is 69.6 Å². The van der Waals surface area contributed by atoms with Crippen molar-refractivity contribution in [3.63, 3.8) is 0 Å². The molecule has 0 radical (unpaired) electrons. The van der Waals surface area contributed by atoms with Gasteiger partial charge in [-0.25, -0.2) is 0 Å². The molecule has 24 heavy (non-hydrogen) atoms. The van der Waals surface area contributed by atoms with Crippen LogP contribution >= 0.6 is 0 Å². The third-order valence-corrected chi connectivity index (χ3v) is 5.60. The van der Waals surface area contributed by atoms with E-state index in [0.717, 1.165) is 37.0 Å². The number of nitro benzene ring substituents is 1. The van der Waals surface area contributed by atoms with E-state index < -0.39 is 5.72 Å². The van der Waals surface area contributed by atoms with E-state index in [2.05, 4.69) is 11.4 Å². The quantitative estimate of drug-likeness (QED) is 0.652. The Hall–Kier alpha value is -1.88. The van der Waals surface area contributed by atoms with Crippen LogP contribution in [0.2, 0.25) is 0 Å². The zero-order chi connectivity index (χ0) is 16.6. The summed E-state index contributed by atoms with van der Waals surface area (Å²) in [5.41, 5.74) is 1.82. The van der Waals surface area contributed by atoms with E-state index in [1.807, 2.05) is 0 Å². The first-order valence-corrected chi connectivity index (χ1v) is 9.12. The van der Waals surface area contributed by atoms with Crippen LogP contribution in [-0.4, -0.2) is 16.7 Å². The summed E-state index contributed by atoms with van der Waals surface area (Å²) in [5, 5.41) is 14.9. The number of non-ortho nitro benzene ring substituents is 1. The fourth-order valence-corrected chi connectivity index (χ4v) is 4.36. The molecular formula is C19H24N2O3. The van der Waals surface area contributed by atoms with Crippen LogP contribution in [0, 0.1) is 10.1 Å². The van der Waals surface area contributed by atoms with Gasteiger partial charge in [-0.3, -0.25) is 15.4 Å². The van der Waals surface area contributed by atoms with Crippen molar-refractivity contribution < 1.29 is 9.66 Å². The van der Waals surface area contributed by atoms with Gasteiger partial charge in [0.2, 0.25) is 0 Å². The standard InChI is InChI=1S/C19H24N2O3/c22-21(23)17-9-10-18-14(13-17)12-15-6-4-5-11-19(15,24-18)20-16-7-2-1-3-8-16/h9-10,12-13,16,20H,1-8,11H2. The minimum absolute atomic E-state index is 0.123. The van der Waals surface area contributed by atoms with Crippen LogP contribution in [-0.2, 0) is 0 Å². The minimum Gasteiger partial charge on any atom is -0.468 e. The van der Waals surface area contributed by atoms with Gasteiger partial charge in [0.25, 0.3) is 5.69 Å². The average Bonchev–Trinajstić information content (AvgIpc) is 2.60. The lowest BCUT2D eigenvalue weighted by atomic mass is 9.81. The molecule has 1 unspecified atom stereocenters. The summed E-state index contributed by atoms with van der Waals surface area (Å²) in [7, 11) is 0. The molecule has 0 saturated heterocycles. The maximum Gasteiger partial charge on any atom is 0.270 e. The van der Waals surface area contributed by atoms with Crippen LogP contribution in [0.15, 0.2) is 23.8 Å². The fourth-order valence-electron chi connectivity index (χ4n) is 4.36. The number of rotatable bonds is 3. The third-order valence-electron chi connectivity index (χ3n) is 5.60. The van der Waals surface area contributed by atoms with Crippen LogP contribution in [0.3, 0.4) is 0 Å². The summed E-state index contributed by atoms with van der Waals surface area (Å²) in [6.45, 7) is 0. The van der Waals surface area contributed by atoms with Crippen molar-refractivity contribution in [3.8, 4) is 5.75 Å². The Morgan fingerprint density at radius 2 is 2.00 bits per heavy atom. The summed E-state index contributed by atoms with van der Waals surface area (Å²) >= 11 is 0. The number of nitrogens with zero attached hydrogens (tertiary/aromatic N) is 1. The first kappa shape index (κ1) is 15.6. The van der Waals surface area contributed by atoms with Gasteiger partial charge >= 0.3 is 0 Å². The van der Waals surface area contributed by atoms with Gasteiger partial charge < -0.3 is 4.74 Å². The van der Waals surface area contributed by atoms with Crippen LogP contribution in [0.25, 0.3) is 6.08 Å². The number of nitro groups is 1. The molecule has 5 nitrogen and oxygen atoms in total. The second-order valence-electron chi connectivity index (χ2n) is 7.26. The van der Waals surface area contributed by atoms with Crippen LogP contribution in [0.4, 0.5) is 5.69 Å². The molecule has 0 amide bonds. The zero-order valence-electron chi connectivity index (χ0n) is 13.9. The molecule has 1 N–H and O–H groups in total. The molecule has 2 fully saturated rings. The van der Waals surface area contributed by atoms with Crippen LogP contribution in [0.1, 0.15) is 63.4 Å². The first-order chi connectivity index (χ1) is 11.7. The molecule has 1 atom stereocenters. The Morgan fingerprint density at radius 3 is 2.79 bits per heavy atom. The van der Waals surface area contributed by atoms with Crippen molar-refractivity contribution in [2.75, 3.05) is 0 Å². The predicted octanol–water partition coefficient (Wildman–Crippen LogP) is 4.56. The number of hydrogen-bond donors (Lipinski definition) is 1. The summed E-state index contributed by atoms with van der Waals surface area (Å²) in [5.74, 6) is 0.759. The normalized spacial score (nSPS) is 26.8. The summed E-state index contributed by atoms with van der Waals surface area (Å²) in [4.78, 5) is 10.7. The Morgan fingerprint density at radius 1 is 1.17 bits per heavy atom. The Labute approximate surface area is 142 Å². The summed E-state index contributed by atoms with van der Waals surface area (Å²) in [6.07, 6.45) is 12.8. The van der Waals surface area contributed by atoms with Gasteiger partial charge in [-0.05, 0) is 49.8 Å². The van der Waals surface area contributed by atoms with Gasteiger partial charge in [-0.15, -0.1) is 0 Å². The predicted molar refractivity (Wildman–Crippen MR) is 92.9 cm³/mol. The van der Waals surface area contributed by atoms with E-state index in [1.165, 1.54) is 43.7 Å². The summed E-state index contributed by atoms with van der Waals surface area (Å²) in [6, 6.07) is 5.43. The van der Waals surface area contributed by atoms with Gasteiger partial charge in [0, 0.05) is 30.2 Å². The lowest BCUT2D eigenvalue weighted by Gasteiger charge is -2.46. The van der Waals surface area contributed by atoms with Gasteiger partial charge in [-0.2, -0.15) is 0 Å². The monoisotopic (exact) mass is 328 g/mol. The Bertz CT molecular complexity index is 679. The molecule has 3 aliphatic rings. The minimum atomic E-state index is -0.399. The molecule has 4 rings (SSSR count). The van der Waals surface area contributed by atoms with Crippen LogP contribution < -0.4 is 10.1 Å². The SMILES string of the molecule is O=[N+]([O-])c1ccc2c(c1)C=C1CCCCC1(NC1CCCCC1)O2. The molecule has 5 heteroatoms. The van der Waals surface area contributed by atoms with E-state index in [4.69, 9.17) is 4.74 Å². The molecule has 1 heterocycles. The lowest BCUT2D eigenvalue weighted by Crippen LogP contribution is -2.58. The van der Waals surface area contributed by atoms with Crippen molar-refractivity contribution in [1.82, 2.24) is 5.32 Å². The van der Waals surface area contributed by atoms with Crippen molar-refractivity contribution in [2.24, 2.45) is 0 Å². The topological polar surface area (TPSA) is 64.4 Å². The van der Waals surface area contributed by atoms with Crippen molar-refractivity contribution >= 4 is 11.8 Å². The number of ether oxygens (including phenoxy) is 1. The molecule has 128 valence electrons. The van der Waals surface area contributed by atoms with Gasteiger partial charge in [0.05, 0.1) is 4.92 Å². The van der Waals surface area contributed by atoms with E-state index in [0.29, 0.717) is 6.04 Å². The van der Waals surface area contributed by atoms with Crippen LogP contribution in [0.5, 0.6) is 5.75 Å². The Kier molecular flexibility index (Phi) is 4.04. The largest absolute Gasteiger partial charge is 0.468 e. The highest BCUT2D eigenvalue weighted by Gasteiger charge is 2.43. The summed E-state index contributed by atoms with van der Waals surface area (Å²) < 4.78 is 6.46. The van der Waals surface area contributed by atoms with E-state index >= 15 is 0 Å². The number of benzene rings is 1. The van der Waals surface area contributed by atoms with Crippen molar-refractivity contribution in [1.29, 1.82) is 0 Å². The highest BCUT2D eigenvalue weighted by Crippen LogP contribution is 2.43. The molecule has 1 aliphatic heterocycles. The molecule has 2 saturated carbocycles. The zero-order valence-corrected chi connectivity index (χ0v) is 13.9. The number of hydrogen-bond acceptors (Lipinski definition) is 4. The maximum absolute atomic E-state index is 11.0. The molecule has 1 aromatic carbocycles. The molecule has 0 aromatic heterocycles. The molecule has 0 bridgehead atoms. The molecule has 2 aliphatic carbocycles. The van der Waals surface area contributed by atoms with E-state index in [-0.39, 0.29) is 10.6 Å². The smallest absolute Gasteiger partial charge is 0.270 e. The van der Waals surface area contributed by atoms with Gasteiger partial charge in [0.15, 0.2) is 5.72 Å². The lowest BCUT2D eigenvalue weighted by molar-refractivity contribution is -0.384. The highest BCUT2D eigenvalue weighted by molar-refractivity contribution is 5.67. The van der Waals surface area contributed by atoms with Gasteiger partial charge in [0.1, 0.15) is 5.75 Å². The van der Waals surface area contributed by atoms with Crippen molar-refractivity contribution in [3.05, 3.63) is 39.4 Å². The number of fused-ring (bicyclic) bond motifs is 2. The van der Waals surface area contributed by atoms with E-state index in [9.17, 15) is 10.1 Å². The maximum atomic E-state index is 11.0. The van der Waals surface area contributed by atoms with Gasteiger partial charge in [-0.1, -0.05) is 19.3 Å². The molecule has 1 aromatic rings. The second-order valence-corrected chi connectivity index (χ2v) is 7.26.